The molecule has 1 saturated heterocycles. The van der Waals surface area contributed by atoms with Crippen molar-refractivity contribution in [3.8, 4) is 0 Å². The van der Waals surface area contributed by atoms with Gasteiger partial charge in [-0.2, -0.15) is 0 Å². The summed E-state index contributed by atoms with van der Waals surface area (Å²) in [6.45, 7) is 5.64. The van der Waals surface area contributed by atoms with Gasteiger partial charge in [0, 0.05) is 18.1 Å². The van der Waals surface area contributed by atoms with Crippen molar-refractivity contribution in [3.05, 3.63) is 11.1 Å². The fraction of sp³-hybridized carbons (Fsp3) is 0.700. The molecule has 0 aromatic heterocycles. The van der Waals surface area contributed by atoms with E-state index in [-0.39, 0.29) is 12.1 Å². The second-order valence-corrected chi connectivity index (χ2v) is 3.91. The van der Waals surface area contributed by atoms with Gasteiger partial charge in [-0.15, -0.1) is 0 Å². The molecule has 0 radical (unpaired) electrons. The van der Waals surface area contributed by atoms with E-state index in [0.29, 0.717) is 0 Å². The molecule has 2 atom stereocenters. The summed E-state index contributed by atoms with van der Waals surface area (Å²) in [5.41, 5.74) is 1.75. The van der Waals surface area contributed by atoms with Gasteiger partial charge in [0.25, 0.3) is 0 Å². The Balaban J connectivity index is 2.36. The average Bonchev–Trinajstić information content (AvgIpc) is 2.22. The number of ether oxygens (including phenoxy) is 2. The number of hydrogen-bond donors (Lipinski definition) is 0. The zero-order valence-electron chi connectivity index (χ0n) is 8.22. The summed E-state index contributed by atoms with van der Waals surface area (Å²) in [5.74, 6) is -0.995. The molecule has 13 heavy (non-hydrogen) atoms. The molecule has 0 N–H and O–H groups in total. The standard InChI is InChI=1S/C10H14O3/c1-6-4-5-8-7(2)9(11)13-10(8,3)12-6/h6H,4-5H2,1-3H3. The molecule has 0 amide bonds. The third kappa shape index (κ3) is 1.18. The van der Waals surface area contributed by atoms with Crippen LogP contribution in [-0.4, -0.2) is 17.9 Å². The maximum absolute atomic E-state index is 11.3. The highest BCUT2D eigenvalue weighted by Crippen LogP contribution is 2.41. The number of carbonyl (C=O) groups is 1. The Morgan fingerprint density at radius 2 is 2.23 bits per heavy atom. The molecule has 1 fully saturated rings. The van der Waals surface area contributed by atoms with Crippen LogP contribution in [0.4, 0.5) is 0 Å². The molecular weight excluding hydrogens is 168 g/mol. The third-order valence-electron chi connectivity index (χ3n) is 2.82. The molecule has 3 nitrogen and oxygen atoms in total. The van der Waals surface area contributed by atoms with E-state index in [2.05, 4.69) is 0 Å². The van der Waals surface area contributed by atoms with E-state index >= 15 is 0 Å². The van der Waals surface area contributed by atoms with Gasteiger partial charge in [0.1, 0.15) is 0 Å². The third-order valence-corrected chi connectivity index (χ3v) is 2.82. The van der Waals surface area contributed by atoms with E-state index in [1.165, 1.54) is 0 Å². The van der Waals surface area contributed by atoms with E-state index in [9.17, 15) is 4.79 Å². The SMILES string of the molecule is CC1=C2CCC(C)OC2(C)OC1=O. The molecule has 72 valence electrons. The first-order chi connectivity index (χ1) is 6.03. The minimum Gasteiger partial charge on any atom is -0.426 e. The number of fused-ring (bicyclic) bond motifs is 1. The Kier molecular flexibility index (Phi) is 1.74. The van der Waals surface area contributed by atoms with Crippen LogP contribution in [0.5, 0.6) is 0 Å². The van der Waals surface area contributed by atoms with Gasteiger partial charge >= 0.3 is 5.97 Å². The second-order valence-electron chi connectivity index (χ2n) is 3.91. The number of rotatable bonds is 0. The van der Waals surface area contributed by atoms with Crippen LogP contribution in [0.2, 0.25) is 0 Å². The van der Waals surface area contributed by atoms with Crippen molar-refractivity contribution in [2.24, 2.45) is 0 Å². The Labute approximate surface area is 77.7 Å². The van der Waals surface area contributed by atoms with Gasteiger partial charge in [-0.3, -0.25) is 0 Å². The van der Waals surface area contributed by atoms with Crippen molar-refractivity contribution in [2.45, 2.75) is 45.5 Å². The molecule has 2 heterocycles. The highest BCUT2D eigenvalue weighted by atomic mass is 16.7. The molecular formula is C10H14O3. The highest BCUT2D eigenvalue weighted by molar-refractivity contribution is 5.92. The molecule has 0 aromatic carbocycles. The molecule has 0 saturated carbocycles. The minimum absolute atomic E-state index is 0.174. The number of esters is 1. The Morgan fingerprint density at radius 1 is 1.54 bits per heavy atom. The topological polar surface area (TPSA) is 35.5 Å². The van der Waals surface area contributed by atoms with Crippen molar-refractivity contribution >= 4 is 5.97 Å². The molecule has 2 aliphatic heterocycles. The van der Waals surface area contributed by atoms with Gasteiger partial charge in [0.15, 0.2) is 0 Å². The van der Waals surface area contributed by atoms with Crippen molar-refractivity contribution in [2.75, 3.05) is 0 Å². The fourth-order valence-corrected chi connectivity index (χ4v) is 2.08. The van der Waals surface area contributed by atoms with Crippen LogP contribution in [0.1, 0.15) is 33.6 Å². The summed E-state index contributed by atoms with van der Waals surface area (Å²) in [6.07, 6.45) is 2.06. The number of carbonyl (C=O) groups excluding carboxylic acids is 1. The smallest absolute Gasteiger partial charge is 0.336 e. The maximum Gasteiger partial charge on any atom is 0.336 e. The Morgan fingerprint density at radius 3 is 2.92 bits per heavy atom. The van der Waals surface area contributed by atoms with Crippen LogP contribution in [0.15, 0.2) is 11.1 Å². The fourth-order valence-electron chi connectivity index (χ4n) is 2.08. The summed E-state index contributed by atoms with van der Waals surface area (Å²) >= 11 is 0. The van der Waals surface area contributed by atoms with E-state index in [0.717, 1.165) is 24.0 Å². The lowest BCUT2D eigenvalue weighted by atomic mass is 9.94. The summed E-state index contributed by atoms with van der Waals surface area (Å²) in [7, 11) is 0. The Bertz CT molecular complexity index is 293. The van der Waals surface area contributed by atoms with Gasteiger partial charge in [0.2, 0.25) is 5.79 Å². The lowest BCUT2D eigenvalue weighted by molar-refractivity contribution is -0.219. The predicted molar refractivity (Wildman–Crippen MR) is 47.0 cm³/mol. The van der Waals surface area contributed by atoms with E-state index in [4.69, 9.17) is 9.47 Å². The maximum atomic E-state index is 11.3. The summed E-state index contributed by atoms with van der Waals surface area (Å²) < 4.78 is 10.8. The van der Waals surface area contributed by atoms with Crippen LogP contribution in [0, 0.1) is 0 Å². The van der Waals surface area contributed by atoms with Crippen LogP contribution >= 0.6 is 0 Å². The summed E-state index contributed by atoms with van der Waals surface area (Å²) in [4.78, 5) is 11.3. The summed E-state index contributed by atoms with van der Waals surface area (Å²) in [5, 5.41) is 0. The lowest BCUT2D eigenvalue weighted by Crippen LogP contribution is -2.39. The molecule has 0 bridgehead atoms. The normalized spacial score (nSPS) is 39.0. The van der Waals surface area contributed by atoms with E-state index < -0.39 is 5.79 Å². The van der Waals surface area contributed by atoms with Gasteiger partial charge in [-0.25, -0.2) is 4.79 Å². The Hall–Kier alpha value is -0.830. The zero-order chi connectivity index (χ0) is 9.64. The van der Waals surface area contributed by atoms with Crippen molar-refractivity contribution in [3.63, 3.8) is 0 Å². The number of hydrogen-bond acceptors (Lipinski definition) is 3. The van der Waals surface area contributed by atoms with Crippen molar-refractivity contribution in [1.82, 2.24) is 0 Å². The van der Waals surface area contributed by atoms with Crippen LogP contribution < -0.4 is 0 Å². The predicted octanol–water partition coefficient (Wildman–Crippen LogP) is 1.77. The van der Waals surface area contributed by atoms with E-state index in [1.54, 1.807) is 0 Å². The van der Waals surface area contributed by atoms with Crippen LogP contribution in [0.3, 0.4) is 0 Å². The average molecular weight is 182 g/mol. The largest absolute Gasteiger partial charge is 0.426 e. The van der Waals surface area contributed by atoms with E-state index in [1.807, 2.05) is 20.8 Å². The molecule has 2 unspecified atom stereocenters. The van der Waals surface area contributed by atoms with Gasteiger partial charge in [-0.1, -0.05) is 0 Å². The van der Waals surface area contributed by atoms with Crippen molar-refractivity contribution in [1.29, 1.82) is 0 Å². The first-order valence-corrected chi connectivity index (χ1v) is 4.64. The van der Waals surface area contributed by atoms with Crippen LogP contribution in [-0.2, 0) is 14.3 Å². The first-order valence-electron chi connectivity index (χ1n) is 4.64. The second kappa shape index (κ2) is 2.58. The van der Waals surface area contributed by atoms with Crippen LogP contribution in [0.25, 0.3) is 0 Å². The van der Waals surface area contributed by atoms with Crippen molar-refractivity contribution < 1.29 is 14.3 Å². The minimum atomic E-state index is -0.765. The molecule has 0 spiro atoms. The highest BCUT2D eigenvalue weighted by Gasteiger charge is 2.46. The first kappa shape index (κ1) is 8.75. The molecule has 2 aliphatic rings. The molecule has 2 rings (SSSR count). The van der Waals surface area contributed by atoms with Gasteiger partial charge in [0.05, 0.1) is 6.10 Å². The lowest BCUT2D eigenvalue weighted by Gasteiger charge is -2.34. The monoisotopic (exact) mass is 182 g/mol. The summed E-state index contributed by atoms with van der Waals surface area (Å²) in [6, 6.07) is 0. The molecule has 0 aromatic rings. The van der Waals surface area contributed by atoms with Gasteiger partial charge in [-0.05, 0) is 26.7 Å². The molecule has 0 aliphatic carbocycles. The zero-order valence-corrected chi connectivity index (χ0v) is 8.22. The van der Waals surface area contributed by atoms with Gasteiger partial charge < -0.3 is 9.47 Å². The molecule has 3 heteroatoms. The quantitative estimate of drug-likeness (QED) is 0.536.